The highest BCUT2D eigenvalue weighted by molar-refractivity contribution is 5.67. The molecular weight excluding hydrogens is 178 g/mol. The zero-order chi connectivity index (χ0) is 10.6. The highest BCUT2D eigenvalue weighted by Crippen LogP contribution is 2.15. The molecule has 0 aliphatic heterocycles. The monoisotopic (exact) mass is 193 g/mol. The average Bonchev–Trinajstić information content (AvgIpc) is 2.15. The van der Waals surface area contributed by atoms with E-state index in [1.165, 1.54) is 0 Å². The third kappa shape index (κ3) is 2.76. The van der Waals surface area contributed by atoms with E-state index >= 15 is 0 Å². The number of hydrogen-bond donors (Lipinski definition) is 2. The second-order valence-corrected chi connectivity index (χ2v) is 3.28. The van der Waals surface area contributed by atoms with E-state index in [1.54, 1.807) is 0 Å². The van der Waals surface area contributed by atoms with Gasteiger partial charge < -0.3 is 10.8 Å². The van der Waals surface area contributed by atoms with Gasteiger partial charge >= 0.3 is 5.97 Å². The highest BCUT2D eigenvalue weighted by atomic mass is 16.4. The fraction of sp³-hybridized carbons (Fsp3) is 0.364. The zero-order valence-corrected chi connectivity index (χ0v) is 8.29. The molecule has 76 valence electrons. The Morgan fingerprint density at radius 3 is 2.71 bits per heavy atom. The number of nitrogens with two attached hydrogens (primary N) is 1. The first-order valence-corrected chi connectivity index (χ1v) is 4.72. The smallest absolute Gasteiger partial charge is 0.303 e. The van der Waals surface area contributed by atoms with Crippen molar-refractivity contribution in [2.24, 2.45) is 0 Å². The van der Waals surface area contributed by atoms with Gasteiger partial charge in [-0.3, -0.25) is 4.79 Å². The fourth-order valence-electron chi connectivity index (χ4n) is 1.37. The summed E-state index contributed by atoms with van der Waals surface area (Å²) in [5, 5.41) is 8.51. The Bertz CT molecular complexity index is 334. The van der Waals surface area contributed by atoms with Gasteiger partial charge in [0, 0.05) is 12.1 Å². The maximum atomic E-state index is 10.3. The number of aliphatic carboxylic acids is 1. The van der Waals surface area contributed by atoms with Crippen molar-refractivity contribution in [1.82, 2.24) is 0 Å². The second kappa shape index (κ2) is 4.65. The molecule has 0 radical (unpaired) electrons. The number of anilines is 1. The number of rotatable bonds is 4. The number of hydrogen-bond acceptors (Lipinski definition) is 2. The van der Waals surface area contributed by atoms with Crippen molar-refractivity contribution in [3.63, 3.8) is 0 Å². The number of carbonyl (C=O) groups is 1. The lowest BCUT2D eigenvalue weighted by Crippen LogP contribution is -1.99. The summed E-state index contributed by atoms with van der Waals surface area (Å²) in [6.45, 7) is 2.04. The number of carboxylic acids is 1. The molecule has 0 fully saturated rings. The Morgan fingerprint density at radius 1 is 1.50 bits per heavy atom. The van der Waals surface area contributed by atoms with Crippen molar-refractivity contribution in [3.05, 3.63) is 29.3 Å². The molecule has 14 heavy (non-hydrogen) atoms. The van der Waals surface area contributed by atoms with Crippen LogP contribution < -0.4 is 5.73 Å². The van der Waals surface area contributed by atoms with E-state index in [-0.39, 0.29) is 6.42 Å². The molecule has 0 spiro atoms. The minimum absolute atomic E-state index is 0.158. The molecule has 1 aromatic rings. The summed E-state index contributed by atoms with van der Waals surface area (Å²) in [6, 6.07) is 5.77. The minimum atomic E-state index is -0.775. The lowest BCUT2D eigenvalue weighted by atomic mass is 10.0. The van der Waals surface area contributed by atoms with Crippen molar-refractivity contribution in [1.29, 1.82) is 0 Å². The Labute approximate surface area is 83.6 Å². The molecule has 3 N–H and O–H groups in total. The summed E-state index contributed by atoms with van der Waals surface area (Å²) in [4.78, 5) is 10.3. The van der Waals surface area contributed by atoms with Crippen LogP contribution in [0.25, 0.3) is 0 Å². The van der Waals surface area contributed by atoms with Crippen molar-refractivity contribution < 1.29 is 9.90 Å². The molecule has 3 nitrogen and oxygen atoms in total. The molecule has 0 aromatic heterocycles. The Hall–Kier alpha value is -1.51. The van der Waals surface area contributed by atoms with Crippen molar-refractivity contribution >= 4 is 11.7 Å². The van der Waals surface area contributed by atoms with Gasteiger partial charge in [-0.15, -0.1) is 0 Å². The molecule has 1 rings (SSSR count). The lowest BCUT2D eigenvalue weighted by molar-refractivity contribution is -0.136. The van der Waals surface area contributed by atoms with Gasteiger partial charge in [0.25, 0.3) is 0 Å². The molecule has 1 aromatic carbocycles. The van der Waals surface area contributed by atoms with Crippen LogP contribution in [0.15, 0.2) is 18.2 Å². The van der Waals surface area contributed by atoms with Gasteiger partial charge in [-0.1, -0.05) is 19.1 Å². The van der Waals surface area contributed by atoms with Crippen LogP contribution in [-0.4, -0.2) is 11.1 Å². The van der Waals surface area contributed by atoms with E-state index in [0.717, 1.165) is 23.2 Å². The van der Waals surface area contributed by atoms with E-state index in [1.807, 2.05) is 25.1 Å². The fourth-order valence-corrected chi connectivity index (χ4v) is 1.37. The first kappa shape index (κ1) is 10.6. The predicted molar refractivity (Wildman–Crippen MR) is 56.2 cm³/mol. The van der Waals surface area contributed by atoms with Gasteiger partial charge in [-0.25, -0.2) is 0 Å². The van der Waals surface area contributed by atoms with Crippen molar-refractivity contribution in [2.75, 3.05) is 5.73 Å². The normalized spacial score (nSPS) is 10.1. The number of carboxylic acid groups (broad SMARTS) is 1. The standard InChI is InChI=1S/C11H15NO2/c1-2-9-5-3-8(7-10(9)12)4-6-11(13)14/h3,5,7H,2,4,6,12H2,1H3,(H,13,14). The number of aryl methyl sites for hydroxylation is 2. The molecule has 0 heterocycles. The number of benzene rings is 1. The topological polar surface area (TPSA) is 63.3 Å². The van der Waals surface area contributed by atoms with E-state index in [9.17, 15) is 4.79 Å². The van der Waals surface area contributed by atoms with Crippen LogP contribution in [0.4, 0.5) is 5.69 Å². The summed E-state index contributed by atoms with van der Waals surface area (Å²) in [5.74, 6) is -0.775. The quantitative estimate of drug-likeness (QED) is 0.717. The maximum absolute atomic E-state index is 10.3. The number of nitrogen functional groups attached to an aromatic ring is 1. The van der Waals surface area contributed by atoms with E-state index < -0.39 is 5.97 Å². The predicted octanol–water partition coefficient (Wildman–Crippen LogP) is 1.85. The van der Waals surface area contributed by atoms with Gasteiger partial charge in [0.2, 0.25) is 0 Å². The molecule has 0 unspecified atom stereocenters. The van der Waals surface area contributed by atoms with Gasteiger partial charge in [0.05, 0.1) is 0 Å². The Kier molecular flexibility index (Phi) is 3.51. The first-order valence-electron chi connectivity index (χ1n) is 4.72. The van der Waals surface area contributed by atoms with E-state index in [4.69, 9.17) is 10.8 Å². The van der Waals surface area contributed by atoms with E-state index in [0.29, 0.717) is 6.42 Å². The summed E-state index contributed by atoms with van der Waals surface area (Å²) in [5.41, 5.74) is 8.65. The van der Waals surface area contributed by atoms with Gasteiger partial charge in [0.15, 0.2) is 0 Å². The highest BCUT2D eigenvalue weighted by Gasteiger charge is 2.01. The zero-order valence-electron chi connectivity index (χ0n) is 8.29. The molecule has 0 atom stereocenters. The van der Waals surface area contributed by atoms with Crippen LogP contribution in [0.3, 0.4) is 0 Å². The molecule has 0 amide bonds. The third-order valence-corrected chi connectivity index (χ3v) is 2.22. The first-order chi connectivity index (χ1) is 6.63. The van der Waals surface area contributed by atoms with Crippen LogP contribution >= 0.6 is 0 Å². The largest absolute Gasteiger partial charge is 0.481 e. The molecule has 0 aliphatic rings. The van der Waals surface area contributed by atoms with Crippen LogP contribution in [0.5, 0.6) is 0 Å². The van der Waals surface area contributed by atoms with Crippen molar-refractivity contribution in [2.45, 2.75) is 26.2 Å². The molecule has 0 aliphatic carbocycles. The second-order valence-electron chi connectivity index (χ2n) is 3.28. The van der Waals surface area contributed by atoms with Gasteiger partial charge in [0.1, 0.15) is 0 Å². The molecule has 0 saturated heterocycles. The third-order valence-electron chi connectivity index (χ3n) is 2.22. The maximum Gasteiger partial charge on any atom is 0.303 e. The molecule has 0 bridgehead atoms. The van der Waals surface area contributed by atoms with Crippen LogP contribution in [0, 0.1) is 0 Å². The summed E-state index contributed by atoms with van der Waals surface area (Å²) in [6.07, 6.45) is 1.61. The van der Waals surface area contributed by atoms with Crippen LogP contribution in [0.2, 0.25) is 0 Å². The van der Waals surface area contributed by atoms with Crippen molar-refractivity contribution in [3.8, 4) is 0 Å². The summed E-state index contributed by atoms with van der Waals surface area (Å²) in [7, 11) is 0. The average molecular weight is 193 g/mol. The molecule has 3 heteroatoms. The van der Waals surface area contributed by atoms with E-state index in [2.05, 4.69) is 0 Å². The minimum Gasteiger partial charge on any atom is -0.481 e. The molecule has 0 saturated carbocycles. The lowest BCUT2D eigenvalue weighted by Gasteiger charge is -2.05. The Morgan fingerprint density at radius 2 is 2.21 bits per heavy atom. The van der Waals surface area contributed by atoms with Gasteiger partial charge in [-0.05, 0) is 30.0 Å². The molecular formula is C11H15NO2. The van der Waals surface area contributed by atoms with Crippen LogP contribution in [-0.2, 0) is 17.6 Å². The van der Waals surface area contributed by atoms with Crippen LogP contribution in [0.1, 0.15) is 24.5 Å². The summed E-state index contributed by atoms with van der Waals surface area (Å²) >= 11 is 0. The Balaban J connectivity index is 2.71. The van der Waals surface area contributed by atoms with Gasteiger partial charge in [-0.2, -0.15) is 0 Å². The summed E-state index contributed by atoms with van der Waals surface area (Å²) < 4.78 is 0. The SMILES string of the molecule is CCc1ccc(CCC(=O)O)cc1N.